The predicted molar refractivity (Wildman–Crippen MR) is 48.2 cm³/mol. The Morgan fingerprint density at radius 1 is 1.27 bits per heavy atom. The lowest BCUT2D eigenvalue weighted by Gasteiger charge is -2.20. The lowest BCUT2D eigenvalue weighted by Crippen LogP contribution is -2.22. The molecule has 1 aliphatic rings. The second kappa shape index (κ2) is 5.59. The van der Waals surface area contributed by atoms with Gasteiger partial charge in [0.05, 0.1) is 0 Å². The molecular weight excluding hydrogens is 134 g/mol. The Balaban J connectivity index is 1.96. The van der Waals surface area contributed by atoms with Crippen molar-refractivity contribution in [3.05, 3.63) is 6.54 Å². The van der Waals surface area contributed by atoms with Crippen LogP contribution in [-0.4, -0.2) is 6.04 Å². The first-order chi connectivity index (χ1) is 5.43. The molecule has 0 aromatic carbocycles. The smallest absolute Gasteiger partial charge is 0.0418 e. The highest BCUT2D eigenvalue weighted by atomic mass is 14.9. The van der Waals surface area contributed by atoms with Crippen LogP contribution >= 0.6 is 0 Å². The minimum Gasteiger partial charge on any atom is -0.233 e. The van der Waals surface area contributed by atoms with E-state index >= 15 is 0 Å². The maximum absolute atomic E-state index is 4.55. The topological polar surface area (TPSA) is 14.1 Å². The third-order valence-electron chi connectivity index (χ3n) is 2.31. The third kappa shape index (κ3) is 3.76. The van der Waals surface area contributed by atoms with Crippen molar-refractivity contribution in [2.45, 2.75) is 57.9 Å². The Hall–Kier alpha value is -0.0400. The van der Waals surface area contributed by atoms with Crippen LogP contribution in [0.4, 0.5) is 0 Å². The molecule has 1 saturated carbocycles. The Morgan fingerprint density at radius 2 is 2.00 bits per heavy atom. The molecule has 0 aromatic rings. The molecule has 0 spiro atoms. The average Bonchev–Trinajstić information content (AvgIpc) is 2.07. The molecule has 0 bridgehead atoms. The van der Waals surface area contributed by atoms with Gasteiger partial charge in [-0.05, 0) is 19.3 Å². The molecule has 0 aliphatic heterocycles. The van der Waals surface area contributed by atoms with E-state index in [9.17, 15) is 0 Å². The Morgan fingerprint density at radius 3 is 2.64 bits per heavy atom. The zero-order valence-electron chi connectivity index (χ0n) is 7.55. The van der Waals surface area contributed by atoms with Crippen molar-refractivity contribution in [2.75, 3.05) is 0 Å². The van der Waals surface area contributed by atoms with Crippen LogP contribution in [-0.2, 0) is 0 Å². The maximum Gasteiger partial charge on any atom is 0.0418 e. The number of rotatable bonds is 4. The second-order valence-electron chi connectivity index (χ2n) is 3.41. The molecule has 1 rings (SSSR count). The molecule has 1 nitrogen and oxygen atoms in total. The highest BCUT2D eigenvalue weighted by Crippen LogP contribution is 2.18. The van der Waals surface area contributed by atoms with Crippen molar-refractivity contribution in [1.82, 2.24) is 5.32 Å². The molecule has 1 fully saturated rings. The van der Waals surface area contributed by atoms with Crippen molar-refractivity contribution in [1.29, 1.82) is 0 Å². The van der Waals surface area contributed by atoms with Gasteiger partial charge in [-0.1, -0.05) is 32.6 Å². The standard InChI is InChI=1S/C10H19N/c1-2-3-9-11-10-7-5-4-6-8-10/h9-10H,2-8H2,1H3. The van der Waals surface area contributed by atoms with E-state index in [2.05, 4.69) is 18.8 Å². The first kappa shape index (κ1) is 9.05. The highest BCUT2D eigenvalue weighted by Gasteiger charge is 2.12. The largest absolute Gasteiger partial charge is 0.233 e. The molecule has 0 atom stereocenters. The van der Waals surface area contributed by atoms with Crippen LogP contribution in [0.2, 0.25) is 0 Å². The molecule has 0 saturated heterocycles. The van der Waals surface area contributed by atoms with Gasteiger partial charge in [0.2, 0.25) is 0 Å². The monoisotopic (exact) mass is 153 g/mol. The Kier molecular flexibility index (Phi) is 4.60. The third-order valence-corrected chi connectivity index (χ3v) is 2.31. The summed E-state index contributed by atoms with van der Waals surface area (Å²) in [5.41, 5.74) is 0. The fourth-order valence-corrected chi connectivity index (χ4v) is 1.58. The first-order valence-corrected chi connectivity index (χ1v) is 4.95. The summed E-state index contributed by atoms with van der Waals surface area (Å²) in [6.45, 7) is 4.32. The van der Waals surface area contributed by atoms with E-state index in [1.807, 2.05) is 0 Å². The Bertz CT molecular complexity index is 84.9. The maximum atomic E-state index is 4.55. The van der Waals surface area contributed by atoms with Gasteiger partial charge in [0.1, 0.15) is 0 Å². The molecule has 11 heavy (non-hydrogen) atoms. The second-order valence-corrected chi connectivity index (χ2v) is 3.41. The summed E-state index contributed by atoms with van der Waals surface area (Å²) in [5.74, 6) is 0. The van der Waals surface area contributed by atoms with Crippen LogP contribution in [0.15, 0.2) is 0 Å². The highest BCUT2D eigenvalue weighted by molar-refractivity contribution is 4.75. The van der Waals surface area contributed by atoms with Gasteiger partial charge in [0.15, 0.2) is 0 Å². The number of nitrogens with zero attached hydrogens (tertiary/aromatic N) is 1. The van der Waals surface area contributed by atoms with Crippen molar-refractivity contribution in [2.24, 2.45) is 0 Å². The molecule has 0 N–H and O–H groups in total. The molecule has 0 heterocycles. The van der Waals surface area contributed by atoms with E-state index in [0.717, 1.165) is 6.42 Å². The Labute approximate surface area is 70.6 Å². The molecular formula is C10H19N. The van der Waals surface area contributed by atoms with Gasteiger partial charge < -0.3 is 0 Å². The van der Waals surface area contributed by atoms with E-state index in [0.29, 0.717) is 6.04 Å². The lowest BCUT2D eigenvalue weighted by molar-refractivity contribution is 0.385. The molecule has 2 radical (unpaired) electrons. The van der Waals surface area contributed by atoms with E-state index in [1.165, 1.54) is 38.5 Å². The van der Waals surface area contributed by atoms with E-state index in [4.69, 9.17) is 0 Å². The van der Waals surface area contributed by atoms with E-state index in [-0.39, 0.29) is 0 Å². The van der Waals surface area contributed by atoms with Gasteiger partial charge in [0, 0.05) is 12.6 Å². The lowest BCUT2D eigenvalue weighted by atomic mass is 9.95. The normalized spacial score (nSPS) is 20.5. The van der Waals surface area contributed by atoms with Crippen LogP contribution in [0, 0.1) is 6.54 Å². The average molecular weight is 153 g/mol. The summed E-state index contributed by atoms with van der Waals surface area (Å²) in [6.07, 6.45) is 9.29. The first-order valence-electron chi connectivity index (χ1n) is 4.95. The number of hydrogen-bond donors (Lipinski definition) is 0. The molecule has 0 unspecified atom stereocenters. The summed E-state index contributed by atoms with van der Waals surface area (Å²) in [7, 11) is 0. The summed E-state index contributed by atoms with van der Waals surface area (Å²) in [4.78, 5) is 0. The van der Waals surface area contributed by atoms with Crippen LogP contribution < -0.4 is 5.32 Å². The van der Waals surface area contributed by atoms with Gasteiger partial charge in [-0.3, -0.25) is 0 Å². The van der Waals surface area contributed by atoms with E-state index in [1.54, 1.807) is 0 Å². The van der Waals surface area contributed by atoms with Crippen molar-refractivity contribution in [3.8, 4) is 0 Å². The minimum atomic E-state index is 0.676. The van der Waals surface area contributed by atoms with Crippen molar-refractivity contribution in [3.63, 3.8) is 0 Å². The quantitative estimate of drug-likeness (QED) is 0.551. The zero-order chi connectivity index (χ0) is 7.94. The summed E-state index contributed by atoms with van der Waals surface area (Å²) < 4.78 is 0. The van der Waals surface area contributed by atoms with Crippen molar-refractivity contribution < 1.29 is 0 Å². The molecule has 0 aromatic heterocycles. The molecule has 64 valence electrons. The molecule has 0 amide bonds. The van der Waals surface area contributed by atoms with Crippen LogP contribution in [0.5, 0.6) is 0 Å². The van der Waals surface area contributed by atoms with Gasteiger partial charge in [-0.25, -0.2) is 5.32 Å². The predicted octanol–water partition coefficient (Wildman–Crippen LogP) is 2.89. The van der Waals surface area contributed by atoms with Gasteiger partial charge in [-0.2, -0.15) is 0 Å². The summed E-state index contributed by atoms with van der Waals surface area (Å²) in [6, 6.07) is 0.676. The SMILES string of the molecule is CCC[CH][N]C1CCCCC1. The van der Waals surface area contributed by atoms with Crippen LogP contribution in [0.3, 0.4) is 0 Å². The summed E-state index contributed by atoms with van der Waals surface area (Å²) in [5, 5.41) is 4.55. The van der Waals surface area contributed by atoms with Crippen molar-refractivity contribution >= 4 is 0 Å². The van der Waals surface area contributed by atoms with E-state index < -0.39 is 0 Å². The van der Waals surface area contributed by atoms with Crippen LogP contribution in [0.1, 0.15) is 51.9 Å². The van der Waals surface area contributed by atoms with Crippen LogP contribution in [0.25, 0.3) is 0 Å². The number of hydrogen-bond acceptors (Lipinski definition) is 0. The van der Waals surface area contributed by atoms with Gasteiger partial charge in [-0.15, -0.1) is 0 Å². The fourth-order valence-electron chi connectivity index (χ4n) is 1.58. The molecule has 1 aliphatic carbocycles. The van der Waals surface area contributed by atoms with Gasteiger partial charge >= 0.3 is 0 Å². The zero-order valence-corrected chi connectivity index (χ0v) is 7.55. The number of unbranched alkanes of at least 4 members (excludes halogenated alkanes) is 1. The minimum absolute atomic E-state index is 0.676. The van der Waals surface area contributed by atoms with Gasteiger partial charge in [0.25, 0.3) is 0 Å². The fraction of sp³-hybridized carbons (Fsp3) is 0.900. The molecule has 1 heteroatoms. The summed E-state index contributed by atoms with van der Waals surface area (Å²) >= 11 is 0.